The molecule has 86 valence electrons. The normalized spacial score (nSPS) is 27.9. The maximum Gasteiger partial charge on any atom is 0.320 e. The summed E-state index contributed by atoms with van der Waals surface area (Å²) >= 11 is 0. The van der Waals surface area contributed by atoms with Crippen LogP contribution >= 0.6 is 0 Å². The Morgan fingerprint density at radius 2 is 2.27 bits per heavy atom. The second kappa shape index (κ2) is 4.94. The molecule has 4 heteroatoms. The predicted molar refractivity (Wildman–Crippen MR) is 55.7 cm³/mol. The fourth-order valence-corrected chi connectivity index (χ4v) is 2.14. The highest BCUT2D eigenvalue weighted by Gasteiger charge is 2.35. The maximum atomic E-state index is 10.9. The molecule has 0 aromatic heterocycles. The summed E-state index contributed by atoms with van der Waals surface area (Å²) in [6, 6.07) is -0.313. The number of carboxylic acid groups (broad SMARTS) is 1. The monoisotopic (exact) mass is 213 g/mol. The van der Waals surface area contributed by atoms with Gasteiger partial charge in [-0.15, -0.1) is 0 Å². The van der Waals surface area contributed by atoms with E-state index in [1.165, 1.54) is 0 Å². The SMILES string of the molecule is O=C(O)C(NCCC1CCOC1)C1CC1. The maximum absolute atomic E-state index is 10.9. The Labute approximate surface area is 90.0 Å². The van der Waals surface area contributed by atoms with Gasteiger partial charge in [-0.05, 0) is 44.1 Å². The molecule has 2 fully saturated rings. The summed E-state index contributed by atoms with van der Waals surface area (Å²) in [7, 11) is 0. The Morgan fingerprint density at radius 3 is 2.80 bits per heavy atom. The third kappa shape index (κ3) is 3.18. The molecule has 1 aliphatic heterocycles. The van der Waals surface area contributed by atoms with Crippen LogP contribution in [0.3, 0.4) is 0 Å². The largest absolute Gasteiger partial charge is 0.480 e. The number of hydrogen-bond donors (Lipinski definition) is 2. The number of rotatable bonds is 6. The lowest BCUT2D eigenvalue weighted by atomic mass is 10.0. The fourth-order valence-electron chi connectivity index (χ4n) is 2.14. The molecule has 2 atom stereocenters. The average Bonchev–Trinajstić information content (AvgIpc) is 2.89. The molecular weight excluding hydrogens is 194 g/mol. The molecular formula is C11H19NO3. The molecule has 4 nitrogen and oxygen atoms in total. The number of ether oxygens (including phenoxy) is 1. The van der Waals surface area contributed by atoms with Crippen LogP contribution in [0, 0.1) is 11.8 Å². The molecule has 1 saturated carbocycles. The standard InChI is InChI=1S/C11H19NO3/c13-11(14)10(9-1-2-9)12-5-3-8-4-6-15-7-8/h8-10,12H,1-7H2,(H,13,14). The van der Waals surface area contributed by atoms with E-state index in [9.17, 15) is 4.79 Å². The van der Waals surface area contributed by atoms with Gasteiger partial charge in [-0.1, -0.05) is 0 Å². The van der Waals surface area contributed by atoms with Crippen LogP contribution in [0.2, 0.25) is 0 Å². The lowest BCUT2D eigenvalue weighted by Gasteiger charge is -2.14. The summed E-state index contributed by atoms with van der Waals surface area (Å²) in [5.74, 6) is 0.314. The van der Waals surface area contributed by atoms with E-state index >= 15 is 0 Å². The molecule has 2 unspecified atom stereocenters. The predicted octanol–water partition coefficient (Wildman–Crippen LogP) is 0.866. The Bertz CT molecular complexity index is 222. The second-order valence-electron chi connectivity index (χ2n) is 4.63. The van der Waals surface area contributed by atoms with Crippen molar-refractivity contribution in [3.05, 3.63) is 0 Å². The highest BCUT2D eigenvalue weighted by Crippen LogP contribution is 2.32. The lowest BCUT2D eigenvalue weighted by Crippen LogP contribution is -2.39. The molecule has 0 radical (unpaired) electrons. The molecule has 0 aromatic rings. The first-order chi connectivity index (χ1) is 7.27. The van der Waals surface area contributed by atoms with Crippen LogP contribution in [-0.2, 0) is 9.53 Å². The molecule has 2 N–H and O–H groups in total. The van der Waals surface area contributed by atoms with Crippen molar-refractivity contribution >= 4 is 5.97 Å². The molecule has 0 spiro atoms. The van der Waals surface area contributed by atoms with Crippen LogP contribution in [0.1, 0.15) is 25.7 Å². The number of carboxylic acids is 1. The van der Waals surface area contributed by atoms with Gasteiger partial charge in [-0.25, -0.2) is 0 Å². The van der Waals surface area contributed by atoms with Crippen LogP contribution in [0.25, 0.3) is 0 Å². The number of nitrogens with one attached hydrogen (secondary N) is 1. The Kier molecular flexibility index (Phi) is 3.59. The van der Waals surface area contributed by atoms with Crippen molar-refractivity contribution in [3.8, 4) is 0 Å². The van der Waals surface area contributed by atoms with Crippen LogP contribution in [-0.4, -0.2) is 36.9 Å². The van der Waals surface area contributed by atoms with Gasteiger partial charge < -0.3 is 15.2 Å². The van der Waals surface area contributed by atoms with Crippen LogP contribution < -0.4 is 5.32 Å². The van der Waals surface area contributed by atoms with Gasteiger partial charge in [0, 0.05) is 13.2 Å². The average molecular weight is 213 g/mol. The summed E-state index contributed by atoms with van der Waals surface area (Å²) in [4.78, 5) is 10.9. The third-order valence-corrected chi connectivity index (χ3v) is 3.30. The number of carbonyl (C=O) groups is 1. The van der Waals surface area contributed by atoms with Gasteiger partial charge in [0.05, 0.1) is 0 Å². The van der Waals surface area contributed by atoms with Crippen molar-refractivity contribution in [3.63, 3.8) is 0 Å². The van der Waals surface area contributed by atoms with E-state index in [1.54, 1.807) is 0 Å². The topological polar surface area (TPSA) is 58.6 Å². The van der Waals surface area contributed by atoms with Gasteiger partial charge >= 0.3 is 5.97 Å². The minimum atomic E-state index is -0.694. The fraction of sp³-hybridized carbons (Fsp3) is 0.909. The van der Waals surface area contributed by atoms with Gasteiger partial charge in [0.1, 0.15) is 6.04 Å². The van der Waals surface area contributed by atoms with Crippen LogP contribution in [0.5, 0.6) is 0 Å². The van der Waals surface area contributed by atoms with Crippen LogP contribution in [0.15, 0.2) is 0 Å². The zero-order valence-electron chi connectivity index (χ0n) is 8.95. The zero-order chi connectivity index (χ0) is 10.7. The lowest BCUT2D eigenvalue weighted by molar-refractivity contribution is -0.140. The van der Waals surface area contributed by atoms with Gasteiger partial charge in [0.25, 0.3) is 0 Å². The first kappa shape index (κ1) is 10.9. The van der Waals surface area contributed by atoms with E-state index in [4.69, 9.17) is 9.84 Å². The molecule has 1 saturated heterocycles. The van der Waals surface area contributed by atoms with E-state index in [0.717, 1.165) is 45.4 Å². The molecule has 1 aliphatic carbocycles. The minimum Gasteiger partial charge on any atom is -0.480 e. The first-order valence-electron chi connectivity index (χ1n) is 5.81. The number of hydrogen-bond acceptors (Lipinski definition) is 3. The molecule has 2 rings (SSSR count). The van der Waals surface area contributed by atoms with E-state index in [0.29, 0.717) is 11.8 Å². The molecule has 1 heterocycles. The van der Waals surface area contributed by atoms with Crippen molar-refractivity contribution in [2.45, 2.75) is 31.7 Å². The smallest absolute Gasteiger partial charge is 0.320 e. The summed E-state index contributed by atoms with van der Waals surface area (Å²) in [5.41, 5.74) is 0. The molecule has 15 heavy (non-hydrogen) atoms. The zero-order valence-corrected chi connectivity index (χ0v) is 8.95. The van der Waals surface area contributed by atoms with Gasteiger partial charge in [0.2, 0.25) is 0 Å². The molecule has 0 amide bonds. The van der Waals surface area contributed by atoms with Crippen LogP contribution in [0.4, 0.5) is 0 Å². The van der Waals surface area contributed by atoms with E-state index < -0.39 is 5.97 Å². The van der Waals surface area contributed by atoms with Crippen molar-refractivity contribution in [1.29, 1.82) is 0 Å². The number of aliphatic carboxylic acids is 1. The van der Waals surface area contributed by atoms with Gasteiger partial charge in [-0.3, -0.25) is 4.79 Å². The highest BCUT2D eigenvalue weighted by atomic mass is 16.5. The van der Waals surface area contributed by atoms with E-state index in [-0.39, 0.29) is 6.04 Å². The summed E-state index contributed by atoms with van der Waals surface area (Å²) in [5, 5.41) is 12.1. The van der Waals surface area contributed by atoms with E-state index in [1.807, 2.05) is 0 Å². The molecule has 2 aliphatic rings. The van der Waals surface area contributed by atoms with Gasteiger partial charge in [-0.2, -0.15) is 0 Å². The van der Waals surface area contributed by atoms with Crippen molar-refractivity contribution in [1.82, 2.24) is 5.32 Å². The summed E-state index contributed by atoms with van der Waals surface area (Å²) in [6.07, 6.45) is 4.30. The first-order valence-corrected chi connectivity index (χ1v) is 5.81. The van der Waals surface area contributed by atoms with Gasteiger partial charge in [0.15, 0.2) is 0 Å². The second-order valence-corrected chi connectivity index (χ2v) is 4.63. The van der Waals surface area contributed by atoms with Crippen molar-refractivity contribution in [2.75, 3.05) is 19.8 Å². The van der Waals surface area contributed by atoms with E-state index in [2.05, 4.69) is 5.32 Å². The summed E-state index contributed by atoms with van der Waals surface area (Å²) in [6.45, 7) is 2.53. The Balaban J connectivity index is 1.64. The minimum absolute atomic E-state index is 0.313. The third-order valence-electron chi connectivity index (χ3n) is 3.30. The Hall–Kier alpha value is -0.610. The van der Waals surface area contributed by atoms with Crippen molar-refractivity contribution in [2.24, 2.45) is 11.8 Å². The summed E-state index contributed by atoms with van der Waals surface area (Å²) < 4.78 is 5.28. The quantitative estimate of drug-likeness (QED) is 0.687. The van der Waals surface area contributed by atoms with Crippen molar-refractivity contribution < 1.29 is 14.6 Å². The highest BCUT2D eigenvalue weighted by molar-refractivity contribution is 5.74. The Morgan fingerprint density at radius 1 is 1.47 bits per heavy atom. The molecule has 0 bridgehead atoms. The molecule has 0 aromatic carbocycles.